The number of nitrogens with zero attached hydrogens (tertiary/aromatic N) is 1. The zero-order valence-corrected chi connectivity index (χ0v) is 14.1. The molecule has 1 aromatic carbocycles. The van der Waals surface area contributed by atoms with Crippen molar-refractivity contribution in [3.63, 3.8) is 0 Å². The first-order valence-corrected chi connectivity index (χ1v) is 7.72. The average molecular weight is 320 g/mol. The number of carbonyl (C=O) groups excluding carboxylic acids is 2. The van der Waals surface area contributed by atoms with Crippen molar-refractivity contribution in [3.05, 3.63) is 29.8 Å². The van der Waals surface area contributed by atoms with E-state index in [0.717, 1.165) is 0 Å². The number of methoxy groups -OCH3 is 1. The van der Waals surface area contributed by atoms with Crippen LogP contribution in [0.1, 0.15) is 37.6 Å². The van der Waals surface area contributed by atoms with Gasteiger partial charge in [0, 0.05) is 19.1 Å². The van der Waals surface area contributed by atoms with Gasteiger partial charge in [-0.2, -0.15) is 0 Å². The van der Waals surface area contributed by atoms with Crippen molar-refractivity contribution in [1.29, 1.82) is 0 Å². The summed E-state index contributed by atoms with van der Waals surface area (Å²) in [5, 5.41) is 2.95. The molecule has 6 heteroatoms. The fraction of sp³-hybridized carbons (Fsp3) is 0.529. The molecule has 0 aliphatic carbocycles. The highest BCUT2D eigenvalue weighted by atomic mass is 16.6. The van der Waals surface area contributed by atoms with Crippen LogP contribution in [0.5, 0.6) is 5.75 Å². The second-order valence-electron chi connectivity index (χ2n) is 6.59. The van der Waals surface area contributed by atoms with Crippen LogP contribution in [0.25, 0.3) is 0 Å². The van der Waals surface area contributed by atoms with Crippen molar-refractivity contribution in [3.8, 4) is 5.75 Å². The van der Waals surface area contributed by atoms with Crippen LogP contribution in [-0.2, 0) is 4.74 Å². The molecule has 23 heavy (non-hydrogen) atoms. The Hall–Kier alpha value is -2.24. The molecular weight excluding hydrogens is 296 g/mol. The summed E-state index contributed by atoms with van der Waals surface area (Å²) in [6.45, 7) is 6.54. The number of hydrogen-bond donors (Lipinski definition) is 1. The van der Waals surface area contributed by atoms with Crippen LogP contribution in [-0.4, -0.2) is 48.7 Å². The number of benzene rings is 1. The summed E-state index contributed by atoms with van der Waals surface area (Å²) in [4.78, 5) is 26.0. The molecule has 0 bridgehead atoms. The van der Waals surface area contributed by atoms with Gasteiger partial charge in [0.1, 0.15) is 11.4 Å². The number of ether oxygens (including phenoxy) is 2. The minimum absolute atomic E-state index is 0.0834. The first kappa shape index (κ1) is 17.1. The number of para-hydroxylation sites is 1. The van der Waals surface area contributed by atoms with E-state index in [1.54, 1.807) is 23.1 Å². The van der Waals surface area contributed by atoms with Crippen molar-refractivity contribution in [1.82, 2.24) is 10.2 Å². The normalized spacial score (nSPS) is 17.7. The number of likely N-dealkylation sites (tertiary alicyclic amines) is 1. The Balaban J connectivity index is 1.93. The van der Waals surface area contributed by atoms with Gasteiger partial charge in [0.15, 0.2) is 0 Å². The van der Waals surface area contributed by atoms with E-state index in [9.17, 15) is 9.59 Å². The van der Waals surface area contributed by atoms with Gasteiger partial charge in [-0.1, -0.05) is 12.1 Å². The molecule has 1 heterocycles. The van der Waals surface area contributed by atoms with Gasteiger partial charge in [-0.3, -0.25) is 4.79 Å². The molecule has 1 N–H and O–H groups in total. The van der Waals surface area contributed by atoms with E-state index in [-0.39, 0.29) is 18.0 Å². The Labute approximate surface area is 136 Å². The number of hydrogen-bond acceptors (Lipinski definition) is 4. The standard InChI is InChI=1S/C17H24N2O4/c1-17(2,3)23-16(21)19-10-9-12(11-19)18-15(20)13-7-5-6-8-14(13)22-4/h5-8,12H,9-11H2,1-4H3,(H,18,20)/t12-/m1/s1. The molecular formula is C17H24N2O4. The molecule has 126 valence electrons. The lowest BCUT2D eigenvalue weighted by molar-refractivity contribution is 0.0290. The van der Waals surface area contributed by atoms with E-state index in [4.69, 9.17) is 9.47 Å². The summed E-state index contributed by atoms with van der Waals surface area (Å²) in [7, 11) is 1.53. The minimum Gasteiger partial charge on any atom is -0.496 e. The summed E-state index contributed by atoms with van der Waals surface area (Å²) < 4.78 is 10.6. The summed E-state index contributed by atoms with van der Waals surface area (Å²) in [5.41, 5.74) is -0.0266. The molecule has 1 fully saturated rings. The number of amides is 2. The molecule has 2 rings (SSSR count). The summed E-state index contributed by atoms with van der Waals surface area (Å²) in [6, 6.07) is 6.99. The van der Waals surface area contributed by atoms with Crippen LogP contribution in [0.4, 0.5) is 4.79 Å². The monoisotopic (exact) mass is 320 g/mol. The van der Waals surface area contributed by atoms with Crippen LogP contribution in [0, 0.1) is 0 Å². The zero-order chi connectivity index (χ0) is 17.0. The van der Waals surface area contributed by atoms with Gasteiger partial charge in [-0.15, -0.1) is 0 Å². The highest BCUT2D eigenvalue weighted by Crippen LogP contribution is 2.19. The van der Waals surface area contributed by atoms with E-state index >= 15 is 0 Å². The Kier molecular flexibility index (Phi) is 5.13. The van der Waals surface area contributed by atoms with Gasteiger partial charge in [0.25, 0.3) is 5.91 Å². The molecule has 1 saturated heterocycles. The Morgan fingerprint density at radius 1 is 1.26 bits per heavy atom. The maximum absolute atomic E-state index is 12.4. The highest BCUT2D eigenvalue weighted by molar-refractivity contribution is 5.97. The van der Waals surface area contributed by atoms with Crippen LogP contribution in [0.15, 0.2) is 24.3 Å². The Morgan fingerprint density at radius 2 is 1.96 bits per heavy atom. The van der Waals surface area contributed by atoms with Crippen molar-refractivity contribution in [2.75, 3.05) is 20.2 Å². The van der Waals surface area contributed by atoms with Gasteiger partial charge in [-0.25, -0.2) is 4.79 Å². The van der Waals surface area contributed by atoms with Gasteiger partial charge in [-0.05, 0) is 39.3 Å². The second kappa shape index (κ2) is 6.89. The molecule has 1 aliphatic heterocycles. The predicted molar refractivity (Wildman–Crippen MR) is 86.7 cm³/mol. The summed E-state index contributed by atoms with van der Waals surface area (Å²) in [5.74, 6) is 0.338. The van der Waals surface area contributed by atoms with E-state index in [1.165, 1.54) is 7.11 Å². The SMILES string of the molecule is COc1ccccc1C(=O)N[C@@H]1CCN(C(=O)OC(C)(C)C)C1. The van der Waals surface area contributed by atoms with Gasteiger partial charge in [0.05, 0.1) is 12.7 Å². The lowest BCUT2D eigenvalue weighted by Crippen LogP contribution is -2.40. The van der Waals surface area contributed by atoms with Crippen LogP contribution < -0.4 is 10.1 Å². The molecule has 0 saturated carbocycles. The number of rotatable bonds is 3. The fourth-order valence-corrected chi connectivity index (χ4v) is 2.47. The molecule has 0 radical (unpaired) electrons. The van der Waals surface area contributed by atoms with Gasteiger partial charge < -0.3 is 19.7 Å². The lowest BCUT2D eigenvalue weighted by atomic mass is 10.1. The summed E-state index contributed by atoms with van der Waals surface area (Å²) >= 11 is 0. The third kappa shape index (κ3) is 4.61. The molecule has 1 atom stereocenters. The van der Waals surface area contributed by atoms with E-state index in [2.05, 4.69) is 5.32 Å². The topological polar surface area (TPSA) is 67.9 Å². The van der Waals surface area contributed by atoms with Crippen molar-refractivity contribution >= 4 is 12.0 Å². The van der Waals surface area contributed by atoms with Gasteiger partial charge in [0.2, 0.25) is 0 Å². The maximum Gasteiger partial charge on any atom is 0.410 e. The average Bonchev–Trinajstić information content (AvgIpc) is 2.94. The van der Waals surface area contributed by atoms with E-state index in [0.29, 0.717) is 30.8 Å². The van der Waals surface area contributed by atoms with E-state index < -0.39 is 5.60 Å². The number of nitrogens with one attached hydrogen (secondary N) is 1. The molecule has 1 aromatic rings. The predicted octanol–water partition coefficient (Wildman–Crippen LogP) is 2.43. The van der Waals surface area contributed by atoms with Crippen LogP contribution >= 0.6 is 0 Å². The minimum atomic E-state index is -0.518. The quantitative estimate of drug-likeness (QED) is 0.929. The second-order valence-corrected chi connectivity index (χ2v) is 6.59. The Morgan fingerprint density at radius 3 is 2.61 bits per heavy atom. The van der Waals surface area contributed by atoms with Crippen LogP contribution in [0.2, 0.25) is 0 Å². The first-order chi connectivity index (χ1) is 10.8. The lowest BCUT2D eigenvalue weighted by Gasteiger charge is -2.24. The van der Waals surface area contributed by atoms with Crippen molar-refractivity contribution in [2.45, 2.75) is 38.8 Å². The Bertz CT molecular complexity index is 580. The summed E-state index contributed by atoms with van der Waals surface area (Å²) in [6.07, 6.45) is 0.367. The highest BCUT2D eigenvalue weighted by Gasteiger charge is 2.30. The van der Waals surface area contributed by atoms with Gasteiger partial charge >= 0.3 is 6.09 Å². The van der Waals surface area contributed by atoms with Crippen molar-refractivity contribution in [2.24, 2.45) is 0 Å². The van der Waals surface area contributed by atoms with E-state index in [1.807, 2.05) is 26.8 Å². The third-order valence-electron chi connectivity index (χ3n) is 3.53. The molecule has 2 amide bonds. The molecule has 0 spiro atoms. The molecule has 6 nitrogen and oxygen atoms in total. The van der Waals surface area contributed by atoms with Crippen LogP contribution in [0.3, 0.4) is 0 Å². The van der Waals surface area contributed by atoms with Crippen molar-refractivity contribution < 1.29 is 19.1 Å². The largest absolute Gasteiger partial charge is 0.496 e. The molecule has 0 aromatic heterocycles. The first-order valence-electron chi connectivity index (χ1n) is 7.72. The third-order valence-corrected chi connectivity index (χ3v) is 3.53. The zero-order valence-electron chi connectivity index (χ0n) is 14.1. The smallest absolute Gasteiger partial charge is 0.410 e. The molecule has 1 aliphatic rings. The number of carbonyl (C=O) groups is 2. The fourth-order valence-electron chi connectivity index (χ4n) is 2.47. The molecule has 0 unspecified atom stereocenters. The maximum atomic E-state index is 12.4.